The highest BCUT2D eigenvalue weighted by Crippen LogP contribution is 2.16. The zero-order valence-electron chi connectivity index (χ0n) is 9.48. The first-order valence-corrected chi connectivity index (χ1v) is 5.33. The third kappa shape index (κ3) is 3.50. The van der Waals surface area contributed by atoms with Crippen LogP contribution >= 0.6 is 0 Å². The molecule has 0 aromatic heterocycles. The Bertz CT molecular complexity index is 344. The fourth-order valence-electron chi connectivity index (χ4n) is 1.14. The fraction of sp³-hybridized carbons (Fsp3) is 0.455. The van der Waals surface area contributed by atoms with Crippen molar-refractivity contribution in [2.75, 3.05) is 6.61 Å². The van der Waals surface area contributed by atoms with Crippen LogP contribution in [0.4, 0.5) is 4.39 Å². The number of rotatable bonds is 5. The molecule has 16 heavy (non-hydrogen) atoms. The van der Waals surface area contributed by atoms with Gasteiger partial charge < -0.3 is 14.8 Å². The molecule has 3 nitrogen and oxygen atoms in total. The first-order chi connectivity index (χ1) is 7.54. The van der Waals surface area contributed by atoms with E-state index in [1.54, 1.807) is 0 Å². The highest BCUT2D eigenvalue weighted by Gasteiger charge is 2.14. The van der Waals surface area contributed by atoms with E-state index in [-0.39, 0.29) is 11.2 Å². The Morgan fingerprint density at radius 3 is 2.69 bits per heavy atom. The lowest BCUT2D eigenvalue weighted by Gasteiger charge is -2.12. The summed E-state index contributed by atoms with van der Waals surface area (Å²) in [6.45, 7) is 4.44. The maximum Gasteiger partial charge on any atom is 0.488 e. The molecule has 1 unspecified atom stereocenters. The average molecular weight is 226 g/mol. The van der Waals surface area contributed by atoms with Gasteiger partial charge in [0.15, 0.2) is 11.6 Å². The van der Waals surface area contributed by atoms with Crippen LogP contribution in [0.15, 0.2) is 18.2 Å². The predicted molar refractivity (Wildman–Crippen MR) is 61.2 cm³/mol. The molecule has 1 aromatic rings. The molecular formula is C11H16BFO3. The van der Waals surface area contributed by atoms with Gasteiger partial charge in [0.25, 0.3) is 0 Å². The minimum atomic E-state index is -1.61. The maximum atomic E-state index is 13.3. The van der Waals surface area contributed by atoms with Crippen LogP contribution in [-0.2, 0) is 0 Å². The summed E-state index contributed by atoms with van der Waals surface area (Å²) < 4.78 is 18.6. The van der Waals surface area contributed by atoms with E-state index >= 15 is 0 Å². The normalized spacial score (nSPS) is 12.3. The molecule has 1 rings (SSSR count). The van der Waals surface area contributed by atoms with Gasteiger partial charge in [0.1, 0.15) is 0 Å². The molecule has 1 aromatic carbocycles. The second kappa shape index (κ2) is 5.87. The summed E-state index contributed by atoms with van der Waals surface area (Å²) in [7, 11) is -1.61. The minimum absolute atomic E-state index is 0.0610. The van der Waals surface area contributed by atoms with E-state index in [4.69, 9.17) is 14.8 Å². The van der Waals surface area contributed by atoms with Crippen LogP contribution in [0.2, 0.25) is 0 Å². The molecule has 0 bridgehead atoms. The topological polar surface area (TPSA) is 49.7 Å². The smallest absolute Gasteiger partial charge is 0.488 e. The van der Waals surface area contributed by atoms with Gasteiger partial charge in [-0.15, -0.1) is 0 Å². The van der Waals surface area contributed by atoms with Crippen LogP contribution in [0.25, 0.3) is 0 Å². The highest BCUT2D eigenvalue weighted by atomic mass is 19.1. The monoisotopic (exact) mass is 226 g/mol. The van der Waals surface area contributed by atoms with Gasteiger partial charge in [-0.25, -0.2) is 4.39 Å². The van der Waals surface area contributed by atoms with Gasteiger partial charge in [0.2, 0.25) is 0 Å². The van der Waals surface area contributed by atoms with Gasteiger partial charge in [-0.2, -0.15) is 0 Å². The number of benzene rings is 1. The number of halogens is 1. The molecule has 0 aliphatic heterocycles. The van der Waals surface area contributed by atoms with E-state index in [1.807, 2.05) is 13.8 Å². The average Bonchev–Trinajstić information content (AvgIpc) is 2.27. The zero-order chi connectivity index (χ0) is 12.1. The largest absolute Gasteiger partial charge is 0.490 e. The standard InChI is InChI=1S/C11H16BFO3/c1-3-8(2)7-16-11-6-9(12(14)15)4-5-10(11)13/h4-6,8,14-15H,3,7H2,1-2H3. The molecule has 2 N–H and O–H groups in total. The summed E-state index contributed by atoms with van der Waals surface area (Å²) in [6, 6.07) is 3.79. The minimum Gasteiger partial charge on any atom is -0.490 e. The number of ether oxygens (including phenoxy) is 1. The summed E-state index contributed by atoms with van der Waals surface area (Å²) >= 11 is 0. The van der Waals surface area contributed by atoms with Crippen LogP contribution in [-0.4, -0.2) is 23.8 Å². The van der Waals surface area contributed by atoms with E-state index in [2.05, 4.69) is 0 Å². The zero-order valence-corrected chi connectivity index (χ0v) is 9.48. The lowest BCUT2D eigenvalue weighted by Crippen LogP contribution is -2.30. The molecule has 1 atom stereocenters. The lowest BCUT2D eigenvalue weighted by molar-refractivity contribution is 0.246. The van der Waals surface area contributed by atoms with Gasteiger partial charge in [0, 0.05) is 0 Å². The van der Waals surface area contributed by atoms with Gasteiger partial charge in [-0.1, -0.05) is 26.3 Å². The molecule has 0 saturated heterocycles. The molecular weight excluding hydrogens is 210 g/mol. The fourth-order valence-corrected chi connectivity index (χ4v) is 1.14. The second-order valence-electron chi connectivity index (χ2n) is 3.89. The molecule has 0 aliphatic carbocycles. The Morgan fingerprint density at radius 2 is 2.12 bits per heavy atom. The molecule has 5 heteroatoms. The summed E-state index contributed by atoms with van der Waals surface area (Å²) in [5.41, 5.74) is 0.223. The lowest BCUT2D eigenvalue weighted by atomic mass is 9.80. The van der Waals surface area contributed by atoms with E-state index in [1.165, 1.54) is 18.2 Å². The van der Waals surface area contributed by atoms with Crippen LogP contribution in [0.3, 0.4) is 0 Å². The van der Waals surface area contributed by atoms with Crippen molar-refractivity contribution in [3.63, 3.8) is 0 Å². The van der Waals surface area contributed by atoms with Crippen LogP contribution in [0.5, 0.6) is 5.75 Å². The van der Waals surface area contributed by atoms with Gasteiger partial charge >= 0.3 is 7.12 Å². The third-order valence-corrected chi connectivity index (χ3v) is 2.47. The van der Waals surface area contributed by atoms with Crippen molar-refractivity contribution in [3.8, 4) is 5.75 Å². The van der Waals surface area contributed by atoms with Crippen molar-refractivity contribution in [1.82, 2.24) is 0 Å². The Labute approximate surface area is 95.0 Å². The Morgan fingerprint density at radius 1 is 1.44 bits per heavy atom. The van der Waals surface area contributed by atoms with E-state index in [9.17, 15) is 4.39 Å². The number of hydrogen-bond donors (Lipinski definition) is 2. The van der Waals surface area contributed by atoms with Gasteiger partial charge in [0.05, 0.1) is 6.61 Å². The first kappa shape index (κ1) is 13.0. The van der Waals surface area contributed by atoms with E-state index in [0.717, 1.165) is 6.42 Å². The highest BCUT2D eigenvalue weighted by molar-refractivity contribution is 6.58. The molecule has 0 radical (unpaired) electrons. The SMILES string of the molecule is CCC(C)COc1cc(B(O)O)ccc1F. The van der Waals surface area contributed by atoms with Crippen LogP contribution in [0, 0.1) is 11.7 Å². The van der Waals surface area contributed by atoms with Crippen molar-refractivity contribution in [2.45, 2.75) is 20.3 Å². The van der Waals surface area contributed by atoms with Gasteiger partial charge in [-0.3, -0.25) is 0 Å². The first-order valence-electron chi connectivity index (χ1n) is 5.33. The number of hydrogen-bond acceptors (Lipinski definition) is 3. The Balaban J connectivity index is 2.74. The second-order valence-corrected chi connectivity index (χ2v) is 3.89. The summed E-state index contributed by atoms with van der Waals surface area (Å²) in [4.78, 5) is 0. The van der Waals surface area contributed by atoms with E-state index in [0.29, 0.717) is 12.5 Å². The van der Waals surface area contributed by atoms with Crippen LogP contribution in [0.1, 0.15) is 20.3 Å². The summed E-state index contributed by atoms with van der Waals surface area (Å²) in [6.07, 6.45) is 0.948. The van der Waals surface area contributed by atoms with Crippen molar-refractivity contribution in [2.24, 2.45) is 5.92 Å². The van der Waals surface area contributed by atoms with Crippen molar-refractivity contribution in [1.29, 1.82) is 0 Å². The molecule has 88 valence electrons. The van der Waals surface area contributed by atoms with Crippen molar-refractivity contribution >= 4 is 12.6 Å². The molecule has 0 aliphatic rings. The third-order valence-electron chi connectivity index (χ3n) is 2.47. The summed E-state index contributed by atoms with van der Waals surface area (Å²) in [5.74, 6) is -0.0966. The molecule has 0 saturated carbocycles. The van der Waals surface area contributed by atoms with Crippen LogP contribution < -0.4 is 10.2 Å². The van der Waals surface area contributed by atoms with E-state index < -0.39 is 12.9 Å². The summed E-state index contributed by atoms with van der Waals surface area (Å²) in [5, 5.41) is 17.9. The Kier molecular flexibility index (Phi) is 4.77. The molecule has 0 amide bonds. The Hall–Kier alpha value is -1.07. The molecule has 0 spiro atoms. The molecule has 0 heterocycles. The predicted octanol–water partition coefficient (Wildman–Crippen LogP) is 0.930. The van der Waals surface area contributed by atoms with Gasteiger partial charge in [-0.05, 0) is 23.5 Å². The molecule has 0 fully saturated rings. The van der Waals surface area contributed by atoms with Crippen molar-refractivity contribution < 1.29 is 19.2 Å². The quantitative estimate of drug-likeness (QED) is 0.734. The van der Waals surface area contributed by atoms with Crippen molar-refractivity contribution in [3.05, 3.63) is 24.0 Å². The maximum absolute atomic E-state index is 13.3.